The molecule has 1 aromatic heterocycles. The molecular formula is C17H25BN3O2P. The van der Waals surface area contributed by atoms with Crippen molar-refractivity contribution >= 4 is 33.0 Å². The summed E-state index contributed by atoms with van der Waals surface area (Å²) in [6.07, 6.45) is 2.36. The number of nitrogens with zero attached hydrogens (tertiary/aromatic N) is 2. The van der Waals surface area contributed by atoms with Crippen molar-refractivity contribution in [2.45, 2.75) is 57.8 Å². The minimum Gasteiger partial charge on any atom is -0.399 e. The molecule has 0 bridgehead atoms. The van der Waals surface area contributed by atoms with Crippen molar-refractivity contribution in [1.29, 1.82) is 0 Å². The van der Waals surface area contributed by atoms with Crippen LogP contribution in [0.4, 0.5) is 0 Å². The molecule has 5 nitrogen and oxygen atoms in total. The fourth-order valence-corrected chi connectivity index (χ4v) is 3.89. The van der Waals surface area contributed by atoms with Gasteiger partial charge in [0, 0.05) is 6.54 Å². The molecule has 0 spiro atoms. The summed E-state index contributed by atoms with van der Waals surface area (Å²) in [5.41, 5.74) is 2.43. The third kappa shape index (κ3) is 2.60. The van der Waals surface area contributed by atoms with Gasteiger partial charge in [0.05, 0.1) is 28.3 Å². The van der Waals surface area contributed by atoms with E-state index in [2.05, 4.69) is 64.9 Å². The van der Waals surface area contributed by atoms with Crippen LogP contribution in [0.3, 0.4) is 0 Å². The highest BCUT2D eigenvalue weighted by molar-refractivity contribution is 7.13. The average molecular weight is 345 g/mol. The number of hydrogen-bond donors (Lipinski definition) is 1. The molecule has 7 heteroatoms. The van der Waals surface area contributed by atoms with Gasteiger partial charge in [0.2, 0.25) is 0 Å². The van der Waals surface area contributed by atoms with Gasteiger partial charge in [-0.3, -0.25) is 4.67 Å². The highest BCUT2D eigenvalue weighted by Crippen LogP contribution is 2.37. The lowest BCUT2D eigenvalue weighted by atomic mass is 9.79. The first-order valence-electron chi connectivity index (χ1n) is 8.63. The van der Waals surface area contributed by atoms with Crippen LogP contribution in [0.1, 0.15) is 52.4 Å². The fraction of sp³-hybridized carbons (Fsp3) is 0.588. The summed E-state index contributed by atoms with van der Waals surface area (Å²) in [7, 11) is 2.48. The second-order valence-electron chi connectivity index (χ2n) is 7.88. The van der Waals surface area contributed by atoms with Gasteiger partial charge in [-0.1, -0.05) is 15.5 Å². The fourth-order valence-electron chi connectivity index (χ4n) is 3.41. The maximum Gasteiger partial charge on any atom is 0.494 e. The van der Waals surface area contributed by atoms with Crippen molar-refractivity contribution in [3.8, 4) is 0 Å². The Balaban J connectivity index is 1.64. The van der Waals surface area contributed by atoms with Crippen molar-refractivity contribution in [2.24, 2.45) is 0 Å². The predicted molar refractivity (Wildman–Crippen MR) is 100 cm³/mol. The number of imidazole rings is 1. The molecule has 2 atom stereocenters. The van der Waals surface area contributed by atoms with E-state index in [-0.39, 0.29) is 18.3 Å². The molecule has 2 aromatic rings. The Bertz CT molecular complexity index is 760. The summed E-state index contributed by atoms with van der Waals surface area (Å²) in [6, 6.07) is 6.58. The zero-order valence-corrected chi connectivity index (χ0v) is 16.0. The molecule has 24 heavy (non-hydrogen) atoms. The second-order valence-corrected chi connectivity index (χ2v) is 8.55. The summed E-state index contributed by atoms with van der Waals surface area (Å²) < 4.78 is 14.6. The molecule has 2 aliphatic heterocycles. The Kier molecular flexibility index (Phi) is 3.81. The van der Waals surface area contributed by atoms with Crippen molar-refractivity contribution in [3.05, 3.63) is 24.0 Å². The van der Waals surface area contributed by atoms with Crippen LogP contribution < -0.4 is 5.46 Å². The van der Waals surface area contributed by atoms with E-state index >= 15 is 0 Å². The number of fused-ring (bicyclic) bond motifs is 1. The standard InChI is InChI=1S/C17H25BN3O2P/c1-16(2)17(3,4)23-18(22-16)11-7-8-12-13(10-11)20-15(19-12)14-6-5-9-21(14)24/h7-8,10,14H,5-6,9,24H2,1-4H3,(H,19,20)/t14-/m0/s1. The predicted octanol–water partition coefficient (Wildman–Crippen LogP) is 2.79. The lowest BCUT2D eigenvalue weighted by Crippen LogP contribution is -2.41. The highest BCUT2D eigenvalue weighted by Gasteiger charge is 2.51. The molecule has 1 aromatic carbocycles. The van der Waals surface area contributed by atoms with E-state index in [1.165, 1.54) is 6.42 Å². The molecule has 2 fully saturated rings. The lowest BCUT2D eigenvalue weighted by Gasteiger charge is -2.32. The molecule has 3 heterocycles. The molecule has 2 saturated heterocycles. The SMILES string of the molecule is CC1(C)OB(c2ccc3nc([C@@H]4CCCN4P)[nH]c3c2)OC1(C)C. The zero-order chi connectivity index (χ0) is 17.1. The zero-order valence-electron chi connectivity index (χ0n) is 14.8. The maximum absolute atomic E-state index is 6.15. The number of H-pyrrole nitrogens is 1. The summed E-state index contributed by atoms with van der Waals surface area (Å²) in [6.45, 7) is 9.41. The van der Waals surface area contributed by atoms with Crippen LogP contribution >= 0.6 is 9.39 Å². The van der Waals surface area contributed by atoms with E-state index in [1.807, 2.05) is 0 Å². The Hall–Kier alpha value is -0.935. The smallest absolute Gasteiger partial charge is 0.399 e. The quantitative estimate of drug-likeness (QED) is 0.672. The van der Waals surface area contributed by atoms with Gasteiger partial charge in [0.1, 0.15) is 5.82 Å². The third-order valence-corrected chi connectivity index (χ3v) is 6.28. The molecule has 128 valence electrons. The van der Waals surface area contributed by atoms with Gasteiger partial charge in [0.25, 0.3) is 0 Å². The van der Waals surface area contributed by atoms with Gasteiger partial charge in [-0.2, -0.15) is 0 Å². The van der Waals surface area contributed by atoms with Gasteiger partial charge in [-0.15, -0.1) is 0 Å². The van der Waals surface area contributed by atoms with Crippen molar-refractivity contribution in [2.75, 3.05) is 6.54 Å². The summed E-state index contributed by atoms with van der Waals surface area (Å²) in [5, 5.41) is 0. The van der Waals surface area contributed by atoms with Gasteiger partial charge >= 0.3 is 7.12 Å². The first-order chi connectivity index (χ1) is 11.3. The number of nitrogens with one attached hydrogen (secondary N) is 1. The number of hydrogen-bond acceptors (Lipinski definition) is 4. The van der Waals surface area contributed by atoms with E-state index in [0.717, 1.165) is 35.3 Å². The van der Waals surface area contributed by atoms with Crippen LogP contribution in [-0.2, 0) is 9.31 Å². The van der Waals surface area contributed by atoms with Gasteiger partial charge in [-0.05, 0) is 58.1 Å². The third-order valence-electron chi connectivity index (χ3n) is 5.66. The second kappa shape index (κ2) is 5.53. The van der Waals surface area contributed by atoms with Crippen LogP contribution in [0.15, 0.2) is 18.2 Å². The van der Waals surface area contributed by atoms with Crippen molar-refractivity contribution < 1.29 is 9.31 Å². The van der Waals surface area contributed by atoms with Gasteiger partial charge in [0.15, 0.2) is 0 Å². The number of benzene rings is 1. The van der Waals surface area contributed by atoms with E-state index in [0.29, 0.717) is 6.04 Å². The van der Waals surface area contributed by atoms with Crippen molar-refractivity contribution in [1.82, 2.24) is 14.6 Å². The number of rotatable bonds is 2. The van der Waals surface area contributed by atoms with Crippen LogP contribution in [0, 0.1) is 0 Å². The summed E-state index contributed by atoms with van der Waals surface area (Å²) in [4.78, 5) is 8.27. The first-order valence-corrected chi connectivity index (χ1v) is 9.15. The molecule has 0 saturated carbocycles. The molecule has 1 unspecified atom stereocenters. The van der Waals surface area contributed by atoms with Gasteiger partial charge in [-0.25, -0.2) is 4.98 Å². The Morgan fingerprint density at radius 2 is 1.96 bits per heavy atom. The summed E-state index contributed by atoms with van der Waals surface area (Å²) in [5.74, 6) is 1.04. The number of aromatic nitrogens is 2. The molecule has 2 aliphatic rings. The monoisotopic (exact) mass is 345 g/mol. The maximum atomic E-state index is 6.15. The van der Waals surface area contributed by atoms with E-state index in [1.54, 1.807) is 0 Å². The Labute approximate surface area is 145 Å². The van der Waals surface area contributed by atoms with Crippen LogP contribution in [0.5, 0.6) is 0 Å². The molecular weight excluding hydrogens is 320 g/mol. The highest BCUT2D eigenvalue weighted by atomic mass is 31.0. The first kappa shape index (κ1) is 16.5. The Morgan fingerprint density at radius 1 is 1.25 bits per heavy atom. The largest absolute Gasteiger partial charge is 0.494 e. The van der Waals surface area contributed by atoms with Crippen molar-refractivity contribution in [3.63, 3.8) is 0 Å². The van der Waals surface area contributed by atoms with E-state index in [9.17, 15) is 0 Å². The molecule has 0 aliphatic carbocycles. The van der Waals surface area contributed by atoms with E-state index < -0.39 is 0 Å². The van der Waals surface area contributed by atoms with Crippen LogP contribution in [0.2, 0.25) is 0 Å². The minimum absolute atomic E-state index is 0.324. The Morgan fingerprint density at radius 3 is 2.58 bits per heavy atom. The number of aromatic amines is 1. The summed E-state index contributed by atoms with van der Waals surface area (Å²) >= 11 is 0. The van der Waals surface area contributed by atoms with Crippen LogP contribution in [-0.4, -0.2) is 39.5 Å². The molecule has 0 radical (unpaired) electrons. The normalized spacial score (nSPS) is 26.5. The van der Waals surface area contributed by atoms with Gasteiger partial charge < -0.3 is 14.3 Å². The van der Waals surface area contributed by atoms with Crippen LogP contribution in [0.25, 0.3) is 11.0 Å². The minimum atomic E-state index is -0.337. The molecule has 1 N–H and O–H groups in total. The lowest BCUT2D eigenvalue weighted by molar-refractivity contribution is 0.00578. The van der Waals surface area contributed by atoms with E-state index in [4.69, 9.17) is 14.3 Å². The molecule has 0 amide bonds. The molecule has 4 rings (SSSR count). The topological polar surface area (TPSA) is 50.4 Å². The average Bonchev–Trinajstić information content (AvgIpc) is 3.14.